The third-order valence-electron chi connectivity index (χ3n) is 3.59. The van der Waals surface area contributed by atoms with Crippen molar-refractivity contribution in [3.05, 3.63) is 41.5 Å². The molecule has 5 heteroatoms. The van der Waals surface area contributed by atoms with Gasteiger partial charge in [-0.1, -0.05) is 12.1 Å². The monoisotopic (exact) mass is 271 g/mol. The van der Waals surface area contributed by atoms with Gasteiger partial charge in [0, 0.05) is 24.6 Å². The van der Waals surface area contributed by atoms with Gasteiger partial charge in [-0.25, -0.2) is 0 Å². The Morgan fingerprint density at radius 1 is 1.25 bits per heavy atom. The Bertz CT molecular complexity index is 629. The molecule has 0 radical (unpaired) electrons. The molecule has 0 saturated carbocycles. The molecular weight excluding hydrogens is 258 g/mol. The second-order valence-corrected chi connectivity index (χ2v) is 4.86. The van der Waals surface area contributed by atoms with Crippen molar-refractivity contribution in [1.82, 2.24) is 4.90 Å². The number of nitrogens with zero attached hydrogens (tertiary/aromatic N) is 1. The Balaban J connectivity index is 2.02. The van der Waals surface area contributed by atoms with E-state index in [1.807, 2.05) is 12.1 Å². The highest BCUT2D eigenvalue weighted by Gasteiger charge is 2.38. The lowest BCUT2D eigenvalue weighted by atomic mass is 10.1. The normalized spacial score (nSPS) is 20.4. The smallest absolute Gasteiger partial charge is 0.308 e. The topological polar surface area (TPSA) is 63.7 Å². The number of carbonyl (C=O) groups excluding carboxylic acids is 3. The van der Waals surface area contributed by atoms with Crippen LogP contribution in [0, 0.1) is 0 Å². The van der Waals surface area contributed by atoms with E-state index in [0.717, 1.165) is 17.5 Å². The number of esters is 1. The maximum Gasteiger partial charge on any atom is 0.308 e. The van der Waals surface area contributed by atoms with E-state index in [1.54, 1.807) is 6.07 Å². The van der Waals surface area contributed by atoms with Crippen molar-refractivity contribution in [1.29, 1.82) is 0 Å². The molecule has 0 saturated heterocycles. The van der Waals surface area contributed by atoms with Gasteiger partial charge in [0.2, 0.25) is 0 Å². The third-order valence-corrected chi connectivity index (χ3v) is 3.59. The molecule has 1 aliphatic carbocycles. The molecule has 5 nitrogen and oxygen atoms in total. The summed E-state index contributed by atoms with van der Waals surface area (Å²) in [7, 11) is 0. The predicted octanol–water partition coefficient (Wildman–Crippen LogP) is 1.52. The first-order chi connectivity index (χ1) is 9.58. The lowest BCUT2D eigenvalue weighted by Crippen LogP contribution is -2.33. The van der Waals surface area contributed by atoms with Crippen molar-refractivity contribution in [2.75, 3.05) is 0 Å². The third kappa shape index (κ3) is 1.91. The molecule has 1 heterocycles. The number of hydrogen-bond acceptors (Lipinski definition) is 4. The molecule has 1 aliphatic heterocycles. The van der Waals surface area contributed by atoms with Crippen LogP contribution in [-0.2, 0) is 20.8 Å². The lowest BCUT2D eigenvalue weighted by Gasteiger charge is -2.24. The quantitative estimate of drug-likeness (QED) is 0.465. The number of hydrogen-bond donors (Lipinski definition) is 0. The van der Waals surface area contributed by atoms with Crippen LogP contribution in [0.15, 0.2) is 30.4 Å². The Hall–Kier alpha value is -2.43. The molecule has 0 N–H and O–H groups in total. The van der Waals surface area contributed by atoms with Gasteiger partial charge in [0.15, 0.2) is 0 Å². The van der Waals surface area contributed by atoms with Crippen molar-refractivity contribution in [2.45, 2.75) is 25.8 Å². The van der Waals surface area contributed by atoms with E-state index in [0.29, 0.717) is 12.2 Å². The highest BCUT2D eigenvalue weighted by atomic mass is 16.5. The van der Waals surface area contributed by atoms with E-state index in [2.05, 4.69) is 0 Å². The van der Waals surface area contributed by atoms with Crippen LogP contribution in [-0.4, -0.2) is 22.7 Å². The predicted molar refractivity (Wildman–Crippen MR) is 69.8 cm³/mol. The van der Waals surface area contributed by atoms with Gasteiger partial charge in [-0.2, -0.15) is 0 Å². The number of rotatable bonds is 2. The number of benzene rings is 1. The molecule has 0 bridgehead atoms. The first-order valence-electron chi connectivity index (χ1n) is 6.43. The second-order valence-electron chi connectivity index (χ2n) is 4.86. The number of amides is 2. The van der Waals surface area contributed by atoms with Gasteiger partial charge in [0.1, 0.15) is 5.75 Å². The standard InChI is InChI=1S/C15H13NO4/c1-9(17)20-12-4-2-3-10-5-6-11(15(10)12)16-13(18)7-8-14(16)19/h2-4,7-8,11H,5-6H2,1H3/t11-/m0/s1. The van der Waals surface area contributed by atoms with Crippen LogP contribution in [0.4, 0.5) is 0 Å². The van der Waals surface area contributed by atoms with Crippen LogP contribution < -0.4 is 4.74 Å². The summed E-state index contributed by atoms with van der Waals surface area (Å²) >= 11 is 0. The molecule has 0 aromatic heterocycles. The first kappa shape index (κ1) is 12.6. The molecule has 1 aromatic carbocycles. The van der Waals surface area contributed by atoms with E-state index in [1.165, 1.54) is 24.0 Å². The molecule has 102 valence electrons. The average Bonchev–Trinajstić information content (AvgIpc) is 2.94. The maximum absolute atomic E-state index is 11.8. The van der Waals surface area contributed by atoms with Gasteiger partial charge in [-0.3, -0.25) is 19.3 Å². The molecule has 2 aliphatic rings. The molecular formula is C15H13NO4. The molecule has 3 rings (SSSR count). The molecule has 0 fully saturated rings. The van der Waals surface area contributed by atoms with E-state index >= 15 is 0 Å². The summed E-state index contributed by atoms with van der Waals surface area (Å²) in [6, 6.07) is 5.08. The molecule has 0 spiro atoms. The largest absolute Gasteiger partial charge is 0.426 e. The zero-order valence-corrected chi connectivity index (χ0v) is 11.0. The van der Waals surface area contributed by atoms with Crippen molar-refractivity contribution >= 4 is 17.8 Å². The highest BCUT2D eigenvalue weighted by molar-refractivity contribution is 6.13. The fraction of sp³-hybridized carbons (Fsp3) is 0.267. The summed E-state index contributed by atoms with van der Waals surface area (Å²) in [5.41, 5.74) is 1.79. The van der Waals surface area contributed by atoms with Crippen molar-refractivity contribution < 1.29 is 19.1 Å². The lowest BCUT2D eigenvalue weighted by molar-refractivity contribution is -0.139. The van der Waals surface area contributed by atoms with Crippen LogP contribution in [0.25, 0.3) is 0 Å². The minimum atomic E-state index is -0.416. The van der Waals surface area contributed by atoms with Crippen molar-refractivity contribution in [2.24, 2.45) is 0 Å². The van der Waals surface area contributed by atoms with Gasteiger partial charge in [0.05, 0.1) is 6.04 Å². The minimum absolute atomic E-state index is 0.314. The summed E-state index contributed by atoms with van der Waals surface area (Å²) in [6.45, 7) is 1.33. The zero-order chi connectivity index (χ0) is 14.3. The Labute approximate surface area is 115 Å². The summed E-state index contributed by atoms with van der Waals surface area (Å²) in [5.74, 6) is -0.609. The van der Waals surface area contributed by atoms with Crippen LogP contribution in [0.3, 0.4) is 0 Å². The molecule has 1 atom stereocenters. The van der Waals surface area contributed by atoms with E-state index in [9.17, 15) is 14.4 Å². The van der Waals surface area contributed by atoms with E-state index in [-0.39, 0.29) is 17.9 Å². The average molecular weight is 271 g/mol. The van der Waals surface area contributed by atoms with Gasteiger partial charge in [-0.15, -0.1) is 0 Å². The van der Waals surface area contributed by atoms with E-state index < -0.39 is 5.97 Å². The Morgan fingerprint density at radius 3 is 2.60 bits per heavy atom. The van der Waals surface area contributed by atoms with Crippen LogP contribution in [0.5, 0.6) is 5.75 Å². The summed E-state index contributed by atoms with van der Waals surface area (Å²) in [5, 5.41) is 0. The molecule has 1 aromatic rings. The molecule has 2 amide bonds. The Kier molecular flexibility index (Phi) is 2.89. The minimum Gasteiger partial charge on any atom is -0.426 e. The van der Waals surface area contributed by atoms with Crippen LogP contribution in [0.2, 0.25) is 0 Å². The fourth-order valence-corrected chi connectivity index (χ4v) is 2.84. The maximum atomic E-state index is 11.8. The number of imide groups is 1. The van der Waals surface area contributed by atoms with E-state index in [4.69, 9.17) is 4.74 Å². The van der Waals surface area contributed by atoms with Crippen LogP contribution in [0.1, 0.15) is 30.5 Å². The van der Waals surface area contributed by atoms with Crippen molar-refractivity contribution in [3.8, 4) is 5.75 Å². The van der Waals surface area contributed by atoms with Crippen LogP contribution >= 0.6 is 0 Å². The summed E-state index contributed by atoms with van der Waals surface area (Å²) < 4.78 is 5.21. The first-order valence-corrected chi connectivity index (χ1v) is 6.43. The van der Waals surface area contributed by atoms with Gasteiger partial charge < -0.3 is 4.74 Å². The molecule has 0 unspecified atom stereocenters. The fourth-order valence-electron chi connectivity index (χ4n) is 2.84. The molecule has 20 heavy (non-hydrogen) atoms. The number of ether oxygens (including phenoxy) is 1. The summed E-state index contributed by atoms with van der Waals surface area (Å²) in [6.07, 6.45) is 3.96. The Morgan fingerprint density at radius 2 is 1.95 bits per heavy atom. The number of aryl methyl sites for hydroxylation is 1. The summed E-state index contributed by atoms with van der Waals surface area (Å²) in [4.78, 5) is 36.1. The highest BCUT2D eigenvalue weighted by Crippen LogP contribution is 2.42. The second kappa shape index (κ2) is 4.59. The SMILES string of the molecule is CC(=O)Oc1cccc2c1[C@@H](N1C(=O)C=CC1=O)CC2. The zero-order valence-electron chi connectivity index (χ0n) is 11.0. The number of carbonyl (C=O) groups is 3. The van der Waals surface area contributed by atoms with Crippen molar-refractivity contribution in [3.63, 3.8) is 0 Å². The van der Waals surface area contributed by atoms with Gasteiger partial charge in [-0.05, 0) is 24.5 Å². The van der Waals surface area contributed by atoms with Gasteiger partial charge in [0.25, 0.3) is 11.8 Å². The van der Waals surface area contributed by atoms with Gasteiger partial charge >= 0.3 is 5.97 Å². The number of fused-ring (bicyclic) bond motifs is 1.